The van der Waals surface area contributed by atoms with Gasteiger partial charge in [0.25, 0.3) is 0 Å². The van der Waals surface area contributed by atoms with Gasteiger partial charge in [-0.25, -0.2) is 0 Å². The molecule has 17 aliphatic rings. The molecule has 1 unspecified atom stereocenters. The van der Waals surface area contributed by atoms with Gasteiger partial charge in [0.05, 0.1) is 6.61 Å². The third-order valence-corrected chi connectivity index (χ3v) is 19.2. The van der Waals surface area contributed by atoms with E-state index in [0.717, 1.165) is 106 Å². The maximum atomic E-state index is 7.83. The molecule has 0 aromatic heterocycles. The molecule has 298 valence electrons. The SMILES string of the molecule is c1c(OC23CC4CC(CC(C4)C2)C3)c(OC23CC4CC(CC(C4)C2)C3)c(OCC2CO2)c(OC23CC4CC(CC(C4)C2)C3)c1OC12CC3CC(CC(C3)C1)C2. The smallest absolute Gasteiger partial charge is 0.211 e. The predicted molar refractivity (Wildman–Crippen MR) is 208 cm³/mol. The number of ether oxygens (including phenoxy) is 6. The number of hydrogen-bond acceptors (Lipinski definition) is 6. The van der Waals surface area contributed by atoms with Crippen molar-refractivity contribution in [2.45, 2.75) is 183 Å². The van der Waals surface area contributed by atoms with Gasteiger partial charge in [0.2, 0.25) is 17.2 Å². The van der Waals surface area contributed by atoms with Crippen molar-refractivity contribution in [2.75, 3.05) is 13.2 Å². The molecular formula is C49H66O6. The van der Waals surface area contributed by atoms with Crippen LogP contribution in [0.2, 0.25) is 0 Å². The topological polar surface area (TPSA) is 58.7 Å². The van der Waals surface area contributed by atoms with Crippen LogP contribution in [0.5, 0.6) is 28.7 Å². The quantitative estimate of drug-likeness (QED) is 0.210. The van der Waals surface area contributed by atoms with Gasteiger partial charge in [0, 0.05) is 6.07 Å². The zero-order valence-corrected chi connectivity index (χ0v) is 33.4. The molecule has 1 atom stereocenters. The first kappa shape index (κ1) is 33.1. The standard InChI is InChI=1S/C49H66O6/c1-28-2-30-3-29(1)15-46(14-28,16-30)52-41-13-42(53-47-17-31-4-32(18-47)6-33(5-31)19-47)44(55-49-23-37-10-38(24-49)12-39(11-37)25-49)45(51-27-40-26-50-40)43(41)54-48-20-34-7-35(21-48)9-36(8-34)22-48/h13,28-40H,1-12,14-27H2. The van der Waals surface area contributed by atoms with Crippen LogP contribution < -0.4 is 23.7 Å². The molecule has 0 spiro atoms. The Morgan fingerprint density at radius 2 is 0.636 bits per heavy atom. The summed E-state index contributed by atoms with van der Waals surface area (Å²) in [6, 6.07) is 2.35. The molecule has 16 aliphatic carbocycles. The predicted octanol–water partition coefficient (Wildman–Crippen LogP) is 10.9. The van der Waals surface area contributed by atoms with Gasteiger partial charge in [0.1, 0.15) is 35.1 Å². The molecule has 1 aliphatic heterocycles. The fraction of sp³-hybridized carbons (Fsp3) is 0.878. The Labute approximate surface area is 329 Å². The monoisotopic (exact) mass is 750 g/mol. The third kappa shape index (κ3) is 5.53. The van der Waals surface area contributed by atoms with E-state index in [2.05, 4.69) is 6.07 Å². The average Bonchev–Trinajstić information content (AvgIpc) is 3.92. The van der Waals surface area contributed by atoms with E-state index in [1.54, 1.807) is 0 Å². The summed E-state index contributed by atoms with van der Waals surface area (Å²) in [6.45, 7) is 1.31. The molecule has 1 aromatic carbocycles. The second kappa shape index (κ2) is 11.5. The minimum Gasteiger partial charge on any atom is -0.483 e. The van der Waals surface area contributed by atoms with Gasteiger partial charge in [-0.2, -0.15) is 0 Å². The molecule has 0 amide bonds. The highest BCUT2D eigenvalue weighted by Gasteiger charge is 2.58. The van der Waals surface area contributed by atoms with Crippen molar-refractivity contribution in [1.29, 1.82) is 0 Å². The summed E-state index contributed by atoms with van der Waals surface area (Å²) in [6.07, 6.45) is 31.2. The first-order valence-electron chi connectivity index (χ1n) is 24.0. The maximum Gasteiger partial charge on any atom is 0.211 e. The van der Waals surface area contributed by atoms with Crippen molar-refractivity contribution in [2.24, 2.45) is 71.0 Å². The van der Waals surface area contributed by atoms with Crippen molar-refractivity contribution < 1.29 is 28.4 Å². The molecule has 6 nitrogen and oxygen atoms in total. The molecule has 6 heteroatoms. The minimum absolute atomic E-state index is 0.106. The first-order chi connectivity index (χ1) is 26.8. The van der Waals surface area contributed by atoms with Crippen LogP contribution in [0.1, 0.15) is 154 Å². The van der Waals surface area contributed by atoms with Crippen LogP contribution in [-0.2, 0) is 4.74 Å². The Morgan fingerprint density at radius 1 is 0.382 bits per heavy atom. The molecule has 0 N–H and O–H groups in total. The van der Waals surface area contributed by atoms with E-state index in [-0.39, 0.29) is 28.5 Å². The van der Waals surface area contributed by atoms with E-state index in [1.165, 1.54) is 154 Å². The van der Waals surface area contributed by atoms with Crippen molar-refractivity contribution in [3.63, 3.8) is 0 Å². The summed E-state index contributed by atoms with van der Waals surface area (Å²) in [5, 5.41) is 0. The largest absolute Gasteiger partial charge is 0.483 e. The Balaban J connectivity index is 0.936. The van der Waals surface area contributed by atoms with Crippen LogP contribution in [0.25, 0.3) is 0 Å². The lowest BCUT2D eigenvalue weighted by Gasteiger charge is -2.58. The average molecular weight is 751 g/mol. The highest BCUT2D eigenvalue weighted by Crippen LogP contribution is 2.66. The van der Waals surface area contributed by atoms with Crippen molar-refractivity contribution >= 4 is 0 Å². The summed E-state index contributed by atoms with van der Waals surface area (Å²) in [5.74, 6) is 14.0. The summed E-state index contributed by atoms with van der Waals surface area (Å²) >= 11 is 0. The Kier molecular flexibility index (Phi) is 6.89. The Hall–Kier alpha value is -1.82. The van der Waals surface area contributed by atoms with E-state index in [0.29, 0.717) is 6.61 Å². The molecule has 17 fully saturated rings. The van der Waals surface area contributed by atoms with E-state index < -0.39 is 0 Å². The molecule has 0 radical (unpaired) electrons. The highest BCUT2D eigenvalue weighted by molar-refractivity contribution is 5.67. The number of benzene rings is 1. The molecule has 55 heavy (non-hydrogen) atoms. The molecule has 1 saturated heterocycles. The summed E-state index contributed by atoms with van der Waals surface area (Å²) in [5.41, 5.74) is -0.484. The molecule has 16 saturated carbocycles. The van der Waals surface area contributed by atoms with Gasteiger partial charge in [0.15, 0.2) is 11.5 Å². The molecule has 1 heterocycles. The third-order valence-electron chi connectivity index (χ3n) is 19.2. The van der Waals surface area contributed by atoms with Gasteiger partial charge >= 0.3 is 0 Å². The van der Waals surface area contributed by atoms with Crippen LogP contribution in [0.15, 0.2) is 6.07 Å². The number of epoxide rings is 1. The van der Waals surface area contributed by atoms with Crippen molar-refractivity contribution in [3.8, 4) is 28.7 Å². The number of rotatable bonds is 11. The van der Waals surface area contributed by atoms with Gasteiger partial charge in [-0.3, -0.25) is 0 Å². The minimum atomic E-state index is -0.136. The zero-order chi connectivity index (χ0) is 35.7. The molecule has 18 rings (SSSR count). The summed E-state index contributed by atoms with van der Waals surface area (Å²) < 4.78 is 44.2. The van der Waals surface area contributed by atoms with Crippen LogP contribution in [-0.4, -0.2) is 41.7 Å². The second-order valence-corrected chi connectivity index (χ2v) is 23.9. The van der Waals surface area contributed by atoms with Crippen molar-refractivity contribution in [1.82, 2.24) is 0 Å². The van der Waals surface area contributed by atoms with Crippen molar-refractivity contribution in [3.05, 3.63) is 6.07 Å². The van der Waals surface area contributed by atoms with E-state index in [9.17, 15) is 0 Å². The Bertz CT molecular complexity index is 1480. The lowest BCUT2D eigenvalue weighted by atomic mass is 9.54. The summed E-state index contributed by atoms with van der Waals surface area (Å²) in [4.78, 5) is 0. The molecule has 1 aromatic rings. The fourth-order valence-electron chi connectivity index (χ4n) is 18.9. The van der Waals surface area contributed by atoms with Crippen LogP contribution in [0.3, 0.4) is 0 Å². The van der Waals surface area contributed by atoms with Gasteiger partial charge in [-0.1, -0.05) is 0 Å². The van der Waals surface area contributed by atoms with Crippen LogP contribution >= 0.6 is 0 Å². The van der Waals surface area contributed by atoms with Gasteiger partial charge in [-0.05, 0) is 225 Å². The van der Waals surface area contributed by atoms with E-state index in [1.807, 2.05) is 0 Å². The normalized spacial score (nSPS) is 53.6. The van der Waals surface area contributed by atoms with E-state index >= 15 is 0 Å². The van der Waals surface area contributed by atoms with Crippen LogP contribution in [0, 0.1) is 71.0 Å². The molecular weight excluding hydrogens is 685 g/mol. The summed E-state index contributed by atoms with van der Waals surface area (Å²) in [7, 11) is 0. The lowest BCUT2D eigenvalue weighted by Crippen LogP contribution is -2.55. The Morgan fingerprint density at radius 3 is 0.891 bits per heavy atom. The van der Waals surface area contributed by atoms with Gasteiger partial charge in [-0.15, -0.1) is 0 Å². The number of hydrogen-bond donors (Lipinski definition) is 0. The highest BCUT2D eigenvalue weighted by atomic mass is 16.6. The fourth-order valence-corrected chi connectivity index (χ4v) is 18.9. The van der Waals surface area contributed by atoms with Gasteiger partial charge < -0.3 is 28.4 Å². The first-order valence-corrected chi connectivity index (χ1v) is 24.0. The lowest BCUT2D eigenvalue weighted by molar-refractivity contribution is -0.126. The maximum absolute atomic E-state index is 7.83. The second-order valence-electron chi connectivity index (χ2n) is 23.9. The van der Waals surface area contributed by atoms with E-state index in [4.69, 9.17) is 28.4 Å². The van der Waals surface area contributed by atoms with Crippen LogP contribution in [0.4, 0.5) is 0 Å². The molecule has 16 bridgehead atoms. The zero-order valence-electron chi connectivity index (χ0n) is 33.4.